The molecule has 0 unspecified atom stereocenters. The third-order valence-electron chi connectivity index (χ3n) is 5.49. The standard InChI is InChI=1S/C27H22N6O3/c34-23(14-24(35)36)30-21-13-20(16-28-17-21)26-31-27(29-15-18-7-3-1-4-8-18)25-22(11-12-33(25)32-26)19-9-5-2-6-10-19/h1-13,16-17H,14-15H2,(H,30,34)(H,35,36)(H,29,31,32). The molecule has 2 aromatic carbocycles. The molecule has 0 aliphatic rings. The molecule has 3 aromatic heterocycles. The Hall–Kier alpha value is -5.05. The fraction of sp³-hybridized carbons (Fsp3) is 0.0741. The van der Waals surface area contributed by atoms with E-state index in [-0.39, 0.29) is 0 Å². The van der Waals surface area contributed by atoms with Crippen molar-refractivity contribution in [2.75, 3.05) is 10.6 Å². The largest absolute Gasteiger partial charge is 0.481 e. The van der Waals surface area contributed by atoms with Crippen LogP contribution in [0.4, 0.5) is 11.5 Å². The maximum Gasteiger partial charge on any atom is 0.312 e. The van der Waals surface area contributed by atoms with Crippen molar-refractivity contribution in [3.63, 3.8) is 0 Å². The van der Waals surface area contributed by atoms with Gasteiger partial charge in [-0.25, -0.2) is 9.50 Å². The smallest absolute Gasteiger partial charge is 0.312 e. The molecule has 0 fully saturated rings. The lowest BCUT2D eigenvalue weighted by molar-refractivity contribution is -0.139. The van der Waals surface area contributed by atoms with Crippen LogP contribution in [-0.4, -0.2) is 36.6 Å². The van der Waals surface area contributed by atoms with Crippen LogP contribution in [0.3, 0.4) is 0 Å². The van der Waals surface area contributed by atoms with Gasteiger partial charge in [-0.1, -0.05) is 60.7 Å². The molecule has 0 aliphatic heterocycles. The van der Waals surface area contributed by atoms with Crippen LogP contribution in [0.25, 0.3) is 28.0 Å². The second-order valence-corrected chi connectivity index (χ2v) is 8.09. The van der Waals surface area contributed by atoms with Crippen molar-refractivity contribution in [3.8, 4) is 22.5 Å². The number of hydrogen-bond donors (Lipinski definition) is 3. The molecule has 0 radical (unpaired) electrons. The summed E-state index contributed by atoms with van der Waals surface area (Å²) in [6.07, 6.45) is 4.28. The van der Waals surface area contributed by atoms with Crippen LogP contribution in [0.2, 0.25) is 0 Å². The number of aromatic nitrogens is 4. The van der Waals surface area contributed by atoms with E-state index in [0.717, 1.165) is 22.2 Å². The van der Waals surface area contributed by atoms with Gasteiger partial charge >= 0.3 is 5.97 Å². The molecule has 1 amide bonds. The highest BCUT2D eigenvalue weighted by atomic mass is 16.4. The summed E-state index contributed by atoms with van der Waals surface area (Å²) in [4.78, 5) is 31.7. The van der Waals surface area contributed by atoms with Gasteiger partial charge in [-0.2, -0.15) is 0 Å². The Morgan fingerprint density at radius 2 is 1.67 bits per heavy atom. The lowest BCUT2D eigenvalue weighted by Gasteiger charge is -2.12. The first-order valence-electron chi connectivity index (χ1n) is 11.3. The monoisotopic (exact) mass is 478 g/mol. The van der Waals surface area contributed by atoms with Crippen molar-refractivity contribution in [3.05, 3.63) is 97.0 Å². The number of carbonyl (C=O) groups is 2. The third-order valence-corrected chi connectivity index (χ3v) is 5.49. The topological polar surface area (TPSA) is 122 Å². The van der Waals surface area contributed by atoms with Gasteiger partial charge in [-0.05, 0) is 23.3 Å². The van der Waals surface area contributed by atoms with Gasteiger partial charge < -0.3 is 15.7 Å². The van der Waals surface area contributed by atoms with Gasteiger partial charge in [-0.3, -0.25) is 14.6 Å². The van der Waals surface area contributed by atoms with Crippen molar-refractivity contribution < 1.29 is 14.7 Å². The van der Waals surface area contributed by atoms with Crippen LogP contribution >= 0.6 is 0 Å². The molecule has 9 heteroatoms. The number of carboxylic acids is 1. The van der Waals surface area contributed by atoms with Crippen molar-refractivity contribution in [2.45, 2.75) is 13.0 Å². The van der Waals surface area contributed by atoms with Crippen molar-refractivity contribution >= 4 is 28.9 Å². The Bertz CT molecular complexity index is 1530. The molecule has 0 atom stereocenters. The zero-order chi connectivity index (χ0) is 24.9. The molecule has 3 N–H and O–H groups in total. The molecule has 5 rings (SSSR count). The van der Waals surface area contributed by atoms with Crippen LogP contribution in [0.1, 0.15) is 12.0 Å². The van der Waals surface area contributed by atoms with Crippen LogP contribution in [0.5, 0.6) is 0 Å². The van der Waals surface area contributed by atoms with E-state index in [2.05, 4.69) is 15.6 Å². The van der Waals surface area contributed by atoms with Gasteiger partial charge in [0.25, 0.3) is 0 Å². The van der Waals surface area contributed by atoms with E-state index in [1.165, 1.54) is 6.20 Å². The predicted octanol–water partition coefficient (Wildman–Crippen LogP) is 4.48. The average molecular weight is 479 g/mol. The number of anilines is 2. The van der Waals surface area contributed by atoms with Gasteiger partial charge in [0.2, 0.25) is 5.91 Å². The van der Waals surface area contributed by atoms with Crippen LogP contribution in [-0.2, 0) is 16.1 Å². The van der Waals surface area contributed by atoms with E-state index in [4.69, 9.17) is 15.2 Å². The molecule has 36 heavy (non-hydrogen) atoms. The van der Waals surface area contributed by atoms with E-state index in [1.807, 2.05) is 72.9 Å². The van der Waals surface area contributed by atoms with Crippen molar-refractivity contribution in [2.24, 2.45) is 0 Å². The van der Waals surface area contributed by atoms with Gasteiger partial charge in [0, 0.05) is 30.1 Å². The summed E-state index contributed by atoms with van der Waals surface area (Å²) in [6, 6.07) is 23.7. The fourth-order valence-corrected chi connectivity index (χ4v) is 3.88. The molecule has 178 valence electrons. The minimum absolute atomic E-state index is 0.360. The first-order chi connectivity index (χ1) is 17.6. The molecular formula is C27H22N6O3. The second-order valence-electron chi connectivity index (χ2n) is 8.09. The van der Waals surface area contributed by atoms with E-state index in [0.29, 0.717) is 29.4 Å². The van der Waals surface area contributed by atoms with Crippen molar-refractivity contribution in [1.82, 2.24) is 19.6 Å². The lowest BCUT2D eigenvalue weighted by Crippen LogP contribution is -2.16. The highest BCUT2D eigenvalue weighted by Crippen LogP contribution is 2.31. The number of fused-ring (bicyclic) bond motifs is 1. The Kier molecular flexibility index (Phi) is 6.35. The molecule has 0 bridgehead atoms. The number of nitrogens with zero attached hydrogens (tertiary/aromatic N) is 4. The number of carboxylic acid groups (broad SMARTS) is 1. The summed E-state index contributed by atoms with van der Waals surface area (Å²) in [7, 11) is 0. The minimum atomic E-state index is -1.21. The number of nitrogens with one attached hydrogen (secondary N) is 2. The second kappa shape index (κ2) is 10.1. The SMILES string of the molecule is O=C(O)CC(=O)Nc1cncc(-c2nc(NCc3ccccc3)c3c(-c4ccccc4)ccn3n2)c1. The molecule has 0 aliphatic carbocycles. The average Bonchev–Trinajstić information content (AvgIpc) is 3.32. The maximum absolute atomic E-state index is 11.9. The molecule has 0 saturated carbocycles. The van der Waals surface area contributed by atoms with E-state index in [1.54, 1.807) is 16.8 Å². The van der Waals surface area contributed by atoms with Crippen molar-refractivity contribution in [1.29, 1.82) is 0 Å². The summed E-state index contributed by atoms with van der Waals surface area (Å²) < 4.78 is 1.77. The normalized spacial score (nSPS) is 10.8. The number of amides is 1. The Morgan fingerprint density at radius 1 is 0.917 bits per heavy atom. The van der Waals surface area contributed by atoms with Gasteiger partial charge in [0.1, 0.15) is 11.9 Å². The predicted molar refractivity (Wildman–Crippen MR) is 136 cm³/mol. The highest BCUT2D eigenvalue weighted by molar-refractivity contribution is 6.01. The van der Waals surface area contributed by atoms with Crippen LogP contribution < -0.4 is 10.6 Å². The Balaban J connectivity index is 1.55. The van der Waals surface area contributed by atoms with E-state index >= 15 is 0 Å². The molecule has 9 nitrogen and oxygen atoms in total. The molecule has 0 saturated heterocycles. The molecule has 0 spiro atoms. The number of pyridine rings is 1. The summed E-state index contributed by atoms with van der Waals surface area (Å²) in [5.41, 5.74) is 4.91. The zero-order valence-corrected chi connectivity index (χ0v) is 19.1. The highest BCUT2D eigenvalue weighted by Gasteiger charge is 2.16. The molecule has 3 heterocycles. The number of benzene rings is 2. The number of hydrogen-bond acceptors (Lipinski definition) is 6. The Morgan fingerprint density at radius 3 is 2.42 bits per heavy atom. The van der Waals surface area contributed by atoms with E-state index < -0.39 is 18.3 Å². The number of aliphatic carboxylic acids is 1. The summed E-state index contributed by atoms with van der Waals surface area (Å²) >= 11 is 0. The third kappa shape index (κ3) is 5.05. The Labute approximate surface area is 206 Å². The summed E-state index contributed by atoms with van der Waals surface area (Å²) in [5.74, 6) is -0.801. The van der Waals surface area contributed by atoms with Gasteiger partial charge in [0.15, 0.2) is 11.6 Å². The summed E-state index contributed by atoms with van der Waals surface area (Å²) in [6.45, 7) is 0.565. The quantitative estimate of drug-likeness (QED) is 0.281. The van der Waals surface area contributed by atoms with Gasteiger partial charge in [-0.15, -0.1) is 5.10 Å². The molecular weight excluding hydrogens is 456 g/mol. The zero-order valence-electron chi connectivity index (χ0n) is 19.1. The fourth-order valence-electron chi connectivity index (χ4n) is 3.88. The molecule has 5 aromatic rings. The number of rotatable bonds is 8. The van der Waals surface area contributed by atoms with E-state index in [9.17, 15) is 9.59 Å². The first kappa shape index (κ1) is 22.7. The van der Waals surface area contributed by atoms with Gasteiger partial charge in [0.05, 0.1) is 11.9 Å². The maximum atomic E-state index is 11.9. The minimum Gasteiger partial charge on any atom is -0.481 e. The van der Waals surface area contributed by atoms with Crippen LogP contribution in [0.15, 0.2) is 91.4 Å². The lowest BCUT2D eigenvalue weighted by atomic mass is 10.1. The van der Waals surface area contributed by atoms with Crippen LogP contribution in [0, 0.1) is 0 Å². The number of carbonyl (C=O) groups excluding carboxylic acids is 1. The first-order valence-corrected chi connectivity index (χ1v) is 11.3. The summed E-state index contributed by atoms with van der Waals surface area (Å²) in [5, 5.41) is 19.5.